The Balaban J connectivity index is 1.45. The van der Waals surface area contributed by atoms with Crippen molar-refractivity contribution in [2.24, 2.45) is 0 Å². The third-order valence-electron chi connectivity index (χ3n) is 6.54. The molecule has 43 heavy (non-hydrogen) atoms. The fourth-order valence-electron chi connectivity index (χ4n) is 4.03. The van der Waals surface area contributed by atoms with E-state index in [1.54, 1.807) is 67.8 Å². The van der Waals surface area contributed by atoms with E-state index in [9.17, 15) is 14.4 Å². The van der Waals surface area contributed by atoms with Gasteiger partial charge in [-0.15, -0.1) is 11.8 Å². The first-order valence-electron chi connectivity index (χ1n) is 13.5. The lowest BCUT2D eigenvalue weighted by Crippen LogP contribution is -2.30. The van der Waals surface area contributed by atoms with Crippen LogP contribution in [0.2, 0.25) is 0 Å². The first kappa shape index (κ1) is 30.9. The van der Waals surface area contributed by atoms with Gasteiger partial charge in [-0.25, -0.2) is 0 Å². The number of methoxy groups -OCH3 is 2. The van der Waals surface area contributed by atoms with Crippen LogP contribution in [0.25, 0.3) is 6.08 Å². The van der Waals surface area contributed by atoms with Crippen LogP contribution in [0.15, 0.2) is 102 Å². The first-order chi connectivity index (χ1) is 20.7. The SMILES string of the molecule is COc1ccc(/C=C(\NC(=O)c2ccccc2)C(=O)Nc2ccc(SCC(=O)Nc3ccc(C)c(C)c3)cc2)c(OC)c1. The minimum atomic E-state index is -0.518. The van der Waals surface area contributed by atoms with Crippen LogP contribution < -0.4 is 25.4 Å². The summed E-state index contributed by atoms with van der Waals surface area (Å²) in [4.78, 5) is 39.7. The van der Waals surface area contributed by atoms with E-state index in [4.69, 9.17) is 9.47 Å². The molecular formula is C34H33N3O5S. The normalized spacial score (nSPS) is 10.9. The lowest BCUT2D eigenvalue weighted by molar-refractivity contribution is -0.114. The molecule has 0 unspecified atom stereocenters. The van der Waals surface area contributed by atoms with E-state index in [2.05, 4.69) is 16.0 Å². The molecule has 0 spiro atoms. The molecule has 4 aromatic rings. The van der Waals surface area contributed by atoms with Crippen molar-refractivity contribution in [3.8, 4) is 11.5 Å². The van der Waals surface area contributed by atoms with E-state index < -0.39 is 11.8 Å². The van der Waals surface area contributed by atoms with Gasteiger partial charge in [0.2, 0.25) is 5.91 Å². The zero-order valence-electron chi connectivity index (χ0n) is 24.4. The molecule has 0 aliphatic carbocycles. The van der Waals surface area contributed by atoms with E-state index in [1.807, 2.05) is 50.2 Å². The summed E-state index contributed by atoms with van der Waals surface area (Å²) < 4.78 is 10.7. The molecule has 8 nitrogen and oxygen atoms in total. The molecule has 4 aromatic carbocycles. The van der Waals surface area contributed by atoms with Gasteiger partial charge in [0.25, 0.3) is 11.8 Å². The smallest absolute Gasteiger partial charge is 0.272 e. The molecule has 4 rings (SSSR count). The summed E-state index contributed by atoms with van der Waals surface area (Å²) in [5, 5.41) is 8.48. The topological polar surface area (TPSA) is 106 Å². The quantitative estimate of drug-likeness (QED) is 0.136. The Kier molecular flexibility index (Phi) is 10.6. The minimum Gasteiger partial charge on any atom is -0.497 e. The Morgan fingerprint density at radius 1 is 0.767 bits per heavy atom. The zero-order chi connectivity index (χ0) is 30.8. The number of carbonyl (C=O) groups is 3. The van der Waals surface area contributed by atoms with Crippen LogP contribution in [-0.4, -0.2) is 37.7 Å². The highest BCUT2D eigenvalue weighted by molar-refractivity contribution is 8.00. The Hall–Kier alpha value is -5.02. The van der Waals surface area contributed by atoms with Gasteiger partial charge in [0, 0.05) is 33.5 Å². The van der Waals surface area contributed by atoms with Crippen molar-refractivity contribution >= 4 is 46.9 Å². The van der Waals surface area contributed by atoms with Gasteiger partial charge in [-0.2, -0.15) is 0 Å². The number of anilines is 2. The predicted molar refractivity (Wildman–Crippen MR) is 172 cm³/mol. The molecular weight excluding hydrogens is 562 g/mol. The number of nitrogens with one attached hydrogen (secondary N) is 3. The number of carbonyl (C=O) groups excluding carboxylic acids is 3. The second-order valence-corrected chi connectivity index (χ2v) is 10.6. The third-order valence-corrected chi connectivity index (χ3v) is 7.55. The Morgan fingerprint density at radius 2 is 1.49 bits per heavy atom. The molecule has 0 aromatic heterocycles. The van der Waals surface area contributed by atoms with Gasteiger partial charge in [0.15, 0.2) is 0 Å². The van der Waals surface area contributed by atoms with E-state index in [0.717, 1.165) is 16.1 Å². The van der Waals surface area contributed by atoms with Crippen LogP contribution in [0.5, 0.6) is 11.5 Å². The molecule has 0 aliphatic rings. The maximum absolute atomic E-state index is 13.4. The number of hydrogen-bond donors (Lipinski definition) is 3. The van der Waals surface area contributed by atoms with Crippen molar-refractivity contribution in [1.29, 1.82) is 0 Å². The number of amides is 3. The van der Waals surface area contributed by atoms with Gasteiger partial charge in [0.1, 0.15) is 17.2 Å². The largest absolute Gasteiger partial charge is 0.497 e. The number of benzene rings is 4. The second kappa shape index (κ2) is 14.7. The van der Waals surface area contributed by atoms with Gasteiger partial charge in [-0.1, -0.05) is 24.3 Å². The highest BCUT2D eigenvalue weighted by atomic mass is 32.2. The van der Waals surface area contributed by atoms with Crippen LogP contribution in [0.1, 0.15) is 27.0 Å². The van der Waals surface area contributed by atoms with Crippen molar-refractivity contribution < 1.29 is 23.9 Å². The van der Waals surface area contributed by atoms with Crippen molar-refractivity contribution in [2.75, 3.05) is 30.6 Å². The molecule has 0 radical (unpaired) electrons. The highest BCUT2D eigenvalue weighted by Crippen LogP contribution is 2.27. The lowest BCUT2D eigenvalue weighted by atomic mass is 10.1. The number of hydrogen-bond acceptors (Lipinski definition) is 6. The monoisotopic (exact) mass is 595 g/mol. The molecule has 9 heteroatoms. The minimum absolute atomic E-state index is 0.0267. The zero-order valence-corrected chi connectivity index (χ0v) is 25.2. The van der Waals surface area contributed by atoms with E-state index in [-0.39, 0.29) is 17.4 Å². The van der Waals surface area contributed by atoms with Crippen LogP contribution in [0.4, 0.5) is 11.4 Å². The van der Waals surface area contributed by atoms with Crippen molar-refractivity contribution in [3.63, 3.8) is 0 Å². The number of ether oxygens (including phenoxy) is 2. The van der Waals surface area contributed by atoms with Crippen LogP contribution >= 0.6 is 11.8 Å². The molecule has 3 N–H and O–H groups in total. The molecule has 220 valence electrons. The average Bonchev–Trinajstić information content (AvgIpc) is 3.02. The van der Waals surface area contributed by atoms with Gasteiger partial charge in [0.05, 0.1) is 20.0 Å². The molecule has 0 heterocycles. The van der Waals surface area contributed by atoms with Gasteiger partial charge < -0.3 is 25.4 Å². The lowest BCUT2D eigenvalue weighted by Gasteiger charge is -2.13. The molecule has 0 atom stereocenters. The Labute approximate surface area is 255 Å². The molecule has 0 bridgehead atoms. The number of thioether (sulfide) groups is 1. The highest BCUT2D eigenvalue weighted by Gasteiger charge is 2.17. The second-order valence-electron chi connectivity index (χ2n) is 9.60. The predicted octanol–water partition coefficient (Wildman–Crippen LogP) is 6.46. The maximum Gasteiger partial charge on any atom is 0.272 e. The van der Waals surface area contributed by atoms with E-state index >= 15 is 0 Å². The summed E-state index contributed by atoms with van der Waals surface area (Å²) in [5.41, 5.74) is 4.58. The summed E-state index contributed by atoms with van der Waals surface area (Å²) in [6.45, 7) is 4.03. The average molecular weight is 596 g/mol. The van der Waals surface area contributed by atoms with Gasteiger partial charge in [-0.3, -0.25) is 14.4 Å². The summed E-state index contributed by atoms with van der Waals surface area (Å²) in [5.74, 6) is 0.246. The van der Waals surface area contributed by atoms with Crippen LogP contribution in [-0.2, 0) is 9.59 Å². The van der Waals surface area contributed by atoms with E-state index in [1.165, 1.54) is 24.4 Å². The molecule has 0 saturated carbocycles. The molecule has 0 saturated heterocycles. The first-order valence-corrected chi connectivity index (χ1v) is 14.5. The van der Waals surface area contributed by atoms with Crippen LogP contribution in [0, 0.1) is 13.8 Å². The molecule has 0 aliphatic heterocycles. The Bertz CT molecular complexity index is 1640. The fraction of sp³-hybridized carbons (Fsp3) is 0.147. The van der Waals surface area contributed by atoms with Gasteiger partial charge >= 0.3 is 0 Å². The summed E-state index contributed by atoms with van der Waals surface area (Å²) in [6.07, 6.45) is 1.55. The standard InChI is InChI=1S/C34H33N3O5S/c1-22-10-12-27(18-23(22)2)35-32(38)21-43-29-16-13-26(14-17-29)36-34(40)30(37-33(39)24-8-6-5-7-9-24)19-25-11-15-28(41-3)20-31(25)42-4/h5-20H,21H2,1-4H3,(H,35,38)(H,36,40)(H,37,39)/b30-19-. The van der Waals surface area contributed by atoms with Gasteiger partial charge in [-0.05, 0) is 91.7 Å². The fourth-order valence-corrected chi connectivity index (χ4v) is 4.73. The van der Waals surface area contributed by atoms with Crippen LogP contribution in [0.3, 0.4) is 0 Å². The third kappa shape index (κ3) is 8.73. The van der Waals surface area contributed by atoms with Crippen molar-refractivity contribution in [1.82, 2.24) is 5.32 Å². The van der Waals surface area contributed by atoms with Crippen molar-refractivity contribution in [3.05, 3.63) is 119 Å². The molecule has 0 fully saturated rings. The summed E-state index contributed by atoms with van der Waals surface area (Å²) in [7, 11) is 3.06. The molecule has 3 amide bonds. The number of aryl methyl sites for hydroxylation is 2. The summed E-state index contributed by atoms with van der Waals surface area (Å²) >= 11 is 1.39. The Morgan fingerprint density at radius 3 is 2.16 bits per heavy atom. The summed E-state index contributed by atoms with van der Waals surface area (Å²) in [6, 6.07) is 26.7. The van der Waals surface area contributed by atoms with Crippen molar-refractivity contribution in [2.45, 2.75) is 18.7 Å². The maximum atomic E-state index is 13.4. The van der Waals surface area contributed by atoms with E-state index in [0.29, 0.717) is 28.3 Å². The number of rotatable bonds is 11.